The number of carbonyl (C=O) groups excluding carboxylic acids is 1. The number of nitrogens with one attached hydrogen (secondary N) is 1. The average molecular weight is 420 g/mol. The molecule has 7 heteroatoms. The van der Waals surface area contributed by atoms with Gasteiger partial charge in [0, 0.05) is 6.54 Å². The number of anilines is 1. The summed E-state index contributed by atoms with van der Waals surface area (Å²) >= 11 is 2.87. The van der Waals surface area contributed by atoms with Crippen molar-refractivity contribution < 1.29 is 9.53 Å². The van der Waals surface area contributed by atoms with E-state index in [1.807, 2.05) is 18.2 Å². The van der Waals surface area contributed by atoms with Gasteiger partial charge in [0.15, 0.2) is 4.34 Å². The summed E-state index contributed by atoms with van der Waals surface area (Å²) in [5, 5.41) is 12.4. The van der Waals surface area contributed by atoms with E-state index >= 15 is 0 Å². The number of carbonyl (C=O) groups is 1. The van der Waals surface area contributed by atoms with Gasteiger partial charge in [-0.25, -0.2) is 0 Å². The summed E-state index contributed by atoms with van der Waals surface area (Å²) in [5.41, 5.74) is 1.19. The number of hydrogen-bond donors (Lipinski definition) is 1. The molecular weight excluding hydrogens is 390 g/mol. The third-order valence-electron chi connectivity index (χ3n) is 5.25. The van der Waals surface area contributed by atoms with Crippen molar-refractivity contribution in [2.75, 3.05) is 11.1 Å². The molecule has 1 aliphatic rings. The van der Waals surface area contributed by atoms with E-state index in [9.17, 15) is 4.79 Å². The third kappa shape index (κ3) is 6.21. The Balaban J connectivity index is 1.45. The molecule has 0 saturated heterocycles. The van der Waals surface area contributed by atoms with Crippen LogP contribution in [0.4, 0.5) is 5.13 Å². The molecule has 0 unspecified atom stereocenters. The Bertz CT molecular complexity index is 751. The molecule has 0 radical (unpaired) electrons. The number of rotatable bonds is 8. The van der Waals surface area contributed by atoms with Gasteiger partial charge in [-0.2, -0.15) is 0 Å². The van der Waals surface area contributed by atoms with Crippen LogP contribution in [0.5, 0.6) is 0 Å². The van der Waals surface area contributed by atoms with Gasteiger partial charge in [0.1, 0.15) is 6.10 Å². The topological polar surface area (TPSA) is 64.1 Å². The number of nitrogens with zero attached hydrogens (tertiary/aromatic N) is 2. The summed E-state index contributed by atoms with van der Waals surface area (Å²) in [4.78, 5) is 12.4. The maximum atomic E-state index is 12.4. The first-order valence-electron chi connectivity index (χ1n) is 9.95. The minimum absolute atomic E-state index is 0.0503. The van der Waals surface area contributed by atoms with Crippen LogP contribution in [0.1, 0.15) is 45.6 Å². The lowest BCUT2D eigenvalue weighted by Gasteiger charge is -2.36. The SMILES string of the molecule is CC(C)[C@@H]1CC[C@H](C)C[C@H]1OC(=O)CSc1nnc(NCc2ccccc2)s1. The van der Waals surface area contributed by atoms with E-state index in [0.29, 0.717) is 24.3 Å². The zero-order valence-corrected chi connectivity index (χ0v) is 18.4. The minimum atomic E-state index is -0.149. The Hall–Kier alpha value is -1.60. The molecule has 1 fully saturated rings. The van der Waals surface area contributed by atoms with Gasteiger partial charge < -0.3 is 10.1 Å². The molecule has 0 aliphatic heterocycles. The molecule has 1 heterocycles. The molecule has 1 saturated carbocycles. The highest BCUT2D eigenvalue weighted by atomic mass is 32.2. The fourth-order valence-electron chi connectivity index (χ4n) is 3.69. The summed E-state index contributed by atoms with van der Waals surface area (Å²) in [6.45, 7) is 7.40. The van der Waals surface area contributed by atoms with Crippen LogP contribution >= 0.6 is 23.1 Å². The van der Waals surface area contributed by atoms with Crippen LogP contribution in [-0.4, -0.2) is 28.0 Å². The second kappa shape index (κ2) is 10.3. The van der Waals surface area contributed by atoms with E-state index < -0.39 is 0 Å². The van der Waals surface area contributed by atoms with Crippen molar-refractivity contribution in [1.82, 2.24) is 10.2 Å². The second-order valence-electron chi connectivity index (χ2n) is 7.86. The Morgan fingerprint density at radius 3 is 2.82 bits per heavy atom. The lowest BCUT2D eigenvalue weighted by molar-refractivity contribution is -0.152. The van der Waals surface area contributed by atoms with E-state index in [0.717, 1.165) is 22.3 Å². The van der Waals surface area contributed by atoms with Gasteiger partial charge >= 0.3 is 5.97 Å². The summed E-state index contributed by atoms with van der Waals surface area (Å²) in [5.74, 6) is 1.77. The molecule has 3 rings (SSSR count). The Kier molecular flexibility index (Phi) is 7.73. The van der Waals surface area contributed by atoms with E-state index in [1.54, 1.807) is 0 Å². The first-order chi connectivity index (χ1) is 13.5. The minimum Gasteiger partial charge on any atom is -0.461 e. The van der Waals surface area contributed by atoms with Gasteiger partial charge in [-0.1, -0.05) is 80.6 Å². The molecule has 1 aromatic carbocycles. The smallest absolute Gasteiger partial charge is 0.316 e. The number of esters is 1. The highest BCUT2D eigenvalue weighted by Gasteiger charge is 2.33. The third-order valence-corrected chi connectivity index (χ3v) is 7.24. The average Bonchev–Trinajstić information content (AvgIpc) is 3.13. The van der Waals surface area contributed by atoms with Crippen molar-refractivity contribution in [3.63, 3.8) is 0 Å². The van der Waals surface area contributed by atoms with E-state index in [1.165, 1.54) is 35.1 Å². The predicted octanol–water partition coefficient (Wildman–Crippen LogP) is 5.25. The molecule has 3 atom stereocenters. The first-order valence-corrected chi connectivity index (χ1v) is 11.7. The van der Waals surface area contributed by atoms with Crippen LogP contribution in [0.25, 0.3) is 0 Å². The van der Waals surface area contributed by atoms with Crippen LogP contribution in [-0.2, 0) is 16.1 Å². The molecular formula is C21H29N3O2S2. The van der Waals surface area contributed by atoms with E-state index in [4.69, 9.17) is 4.74 Å². The number of aromatic nitrogens is 2. The Morgan fingerprint density at radius 1 is 1.29 bits per heavy atom. The van der Waals surface area contributed by atoms with Crippen LogP contribution in [0.15, 0.2) is 34.7 Å². The highest BCUT2D eigenvalue weighted by molar-refractivity contribution is 8.01. The van der Waals surface area contributed by atoms with Crippen molar-refractivity contribution in [3.05, 3.63) is 35.9 Å². The zero-order valence-electron chi connectivity index (χ0n) is 16.8. The highest BCUT2D eigenvalue weighted by Crippen LogP contribution is 2.35. The Morgan fingerprint density at radius 2 is 2.07 bits per heavy atom. The zero-order chi connectivity index (χ0) is 19.9. The van der Waals surface area contributed by atoms with Crippen molar-refractivity contribution >= 4 is 34.2 Å². The van der Waals surface area contributed by atoms with Crippen molar-refractivity contribution in [2.45, 2.75) is 57.0 Å². The summed E-state index contributed by atoms with van der Waals surface area (Å²) in [6.07, 6.45) is 3.41. The van der Waals surface area contributed by atoms with Crippen LogP contribution < -0.4 is 5.32 Å². The van der Waals surface area contributed by atoms with Crippen molar-refractivity contribution in [3.8, 4) is 0 Å². The van der Waals surface area contributed by atoms with Gasteiger partial charge in [-0.05, 0) is 36.2 Å². The van der Waals surface area contributed by atoms with Gasteiger partial charge in [0.05, 0.1) is 5.75 Å². The molecule has 152 valence electrons. The summed E-state index contributed by atoms with van der Waals surface area (Å²) in [6, 6.07) is 10.2. The standard InChI is InChI=1S/C21H29N3O2S2/c1-14(2)17-10-9-15(3)11-18(17)26-19(25)13-27-21-24-23-20(28-21)22-12-16-7-5-4-6-8-16/h4-8,14-15,17-18H,9-13H2,1-3H3,(H,22,23)/t15-,17-,18+/m0/s1. The summed E-state index contributed by atoms with van der Waals surface area (Å²) in [7, 11) is 0. The van der Waals surface area contributed by atoms with Crippen LogP contribution in [0, 0.1) is 17.8 Å². The number of thioether (sulfide) groups is 1. The lowest BCUT2D eigenvalue weighted by atomic mass is 9.75. The van der Waals surface area contributed by atoms with Crippen LogP contribution in [0.3, 0.4) is 0 Å². The van der Waals surface area contributed by atoms with Crippen LogP contribution in [0.2, 0.25) is 0 Å². The molecule has 0 bridgehead atoms. The van der Waals surface area contributed by atoms with Gasteiger partial charge in [-0.3, -0.25) is 4.79 Å². The first kappa shape index (κ1) is 21.1. The fraction of sp³-hybridized carbons (Fsp3) is 0.571. The fourth-order valence-corrected chi connectivity index (χ4v) is 5.22. The molecule has 1 N–H and O–H groups in total. The predicted molar refractivity (Wildman–Crippen MR) is 116 cm³/mol. The number of hydrogen-bond acceptors (Lipinski definition) is 7. The number of ether oxygens (including phenoxy) is 1. The van der Waals surface area contributed by atoms with Gasteiger partial charge in [0.2, 0.25) is 5.13 Å². The molecule has 1 aromatic heterocycles. The van der Waals surface area contributed by atoms with Gasteiger partial charge in [0.25, 0.3) is 0 Å². The molecule has 0 amide bonds. The second-order valence-corrected chi connectivity index (χ2v) is 10.1. The maximum Gasteiger partial charge on any atom is 0.316 e. The normalized spacial score (nSPS) is 22.2. The molecule has 2 aromatic rings. The maximum absolute atomic E-state index is 12.4. The summed E-state index contributed by atoms with van der Waals surface area (Å²) < 4.78 is 6.63. The molecule has 0 spiro atoms. The quantitative estimate of drug-likeness (QED) is 0.466. The molecule has 5 nitrogen and oxygen atoms in total. The lowest BCUT2D eigenvalue weighted by Crippen LogP contribution is -2.36. The molecule has 28 heavy (non-hydrogen) atoms. The Labute approximate surface area is 175 Å². The largest absolute Gasteiger partial charge is 0.461 e. The van der Waals surface area contributed by atoms with Gasteiger partial charge in [-0.15, -0.1) is 10.2 Å². The van der Waals surface area contributed by atoms with Crippen molar-refractivity contribution in [2.24, 2.45) is 17.8 Å². The number of benzene rings is 1. The van der Waals surface area contributed by atoms with E-state index in [-0.39, 0.29) is 17.8 Å². The van der Waals surface area contributed by atoms with E-state index in [2.05, 4.69) is 48.4 Å². The van der Waals surface area contributed by atoms with Crippen molar-refractivity contribution in [1.29, 1.82) is 0 Å². The monoisotopic (exact) mass is 419 g/mol. The molecule has 1 aliphatic carbocycles.